The van der Waals surface area contributed by atoms with Crippen molar-refractivity contribution in [1.29, 1.82) is 0 Å². The Hall–Kier alpha value is -1.81. The van der Waals surface area contributed by atoms with Crippen molar-refractivity contribution in [1.82, 2.24) is 0 Å². The fourth-order valence-corrected chi connectivity index (χ4v) is 2.67. The molecule has 0 saturated heterocycles. The molecule has 0 aliphatic rings. The molecular formula is C17H17BrO3. The van der Waals surface area contributed by atoms with E-state index in [4.69, 9.17) is 4.74 Å². The summed E-state index contributed by atoms with van der Waals surface area (Å²) in [5.41, 5.74) is 2.01. The lowest BCUT2D eigenvalue weighted by Crippen LogP contribution is -2.19. The third-order valence-corrected chi connectivity index (χ3v) is 4.19. The first-order valence-corrected chi connectivity index (χ1v) is 7.48. The van der Waals surface area contributed by atoms with Crippen molar-refractivity contribution >= 4 is 21.9 Å². The van der Waals surface area contributed by atoms with Gasteiger partial charge in [0.05, 0.1) is 13.0 Å². The lowest BCUT2D eigenvalue weighted by Gasteiger charge is -2.14. The highest BCUT2D eigenvalue weighted by atomic mass is 79.9. The quantitative estimate of drug-likeness (QED) is 0.859. The molecule has 0 aromatic heterocycles. The largest absolute Gasteiger partial charge is 0.497 e. The van der Waals surface area contributed by atoms with Crippen molar-refractivity contribution in [3.8, 4) is 5.75 Å². The first-order valence-electron chi connectivity index (χ1n) is 6.69. The van der Waals surface area contributed by atoms with Crippen LogP contribution < -0.4 is 4.74 Å². The maximum absolute atomic E-state index is 11.5. The Balaban J connectivity index is 2.12. The van der Waals surface area contributed by atoms with E-state index in [0.29, 0.717) is 12.8 Å². The molecular weight excluding hydrogens is 332 g/mol. The Bertz CT molecular complexity index is 608. The van der Waals surface area contributed by atoms with E-state index in [1.165, 1.54) is 0 Å². The predicted molar refractivity (Wildman–Crippen MR) is 85.7 cm³/mol. The molecule has 21 heavy (non-hydrogen) atoms. The predicted octanol–water partition coefficient (Wildman–Crippen LogP) is 3.94. The average molecular weight is 349 g/mol. The van der Waals surface area contributed by atoms with Crippen molar-refractivity contribution in [3.63, 3.8) is 0 Å². The van der Waals surface area contributed by atoms with Gasteiger partial charge in [-0.2, -0.15) is 0 Å². The number of carboxylic acids is 1. The molecule has 3 nitrogen and oxygen atoms in total. The molecule has 2 rings (SSSR count). The highest BCUT2D eigenvalue weighted by Gasteiger charge is 2.19. The van der Waals surface area contributed by atoms with Crippen LogP contribution in [0.1, 0.15) is 11.1 Å². The summed E-state index contributed by atoms with van der Waals surface area (Å²) in [6.45, 7) is 0. The van der Waals surface area contributed by atoms with Crippen molar-refractivity contribution in [3.05, 3.63) is 64.1 Å². The minimum absolute atomic E-state index is 0.447. The van der Waals surface area contributed by atoms with Crippen LogP contribution in [0.3, 0.4) is 0 Å². The van der Waals surface area contributed by atoms with Gasteiger partial charge in [-0.15, -0.1) is 0 Å². The lowest BCUT2D eigenvalue weighted by atomic mass is 9.92. The average Bonchev–Trinajstić information content (AvgIpc) is 2.49. The van der Waals surface area contributed by atoms with Gasteiger partial charge in [-0.05, 0) is 42.2 Å². The Kier molecular flexibility index (Phi) is 5.39. The number of hydrogen-bond donors (Lipinski definition) is 1. The molecule has 0 amide bonds. The van der Waals surface area contributed by atoms with Crippen molar-refractivity contribution in [2.24, 2.45) is 5.92 Å². The summed E-state index contributed by atoms with van der Waals surface area (Å²) in [5, 5.41) is 9.45. The first-order chi connectivity index (χ1) is 10.1. The minimum Gasteiger partial charge on any atom is -0.497 e. The molecule has 110 valence electrons. The molecule has 2 aromatic rings. The van der Waals surface area contributed by atoms with Gasteiger partial charge in [0.2, 0.25) is 0 Å². The van der Waals surface area contributed by atoms with Gasteiger partial charge in [0, 0.05) is 4.47 Å². The second kappa shape index (κ2) is 7.27. The molecule has 0 aliphatic carbocycles. The van der Waals surface area contributed by atoms with Gasteiger partial charge < -0.3 is 9.84 Å². The molecule has 0 fully saturated rings. The zero-order valence-corrected chi connectivity index (χ0v) is 13.3. The Labute approximate surface area is 132 Å². The van der Waals surface area contributed by atoms with Gasteiger partial charge in [0.1, 0.15) is 5.75 Å². The van der Waals surface area contributed by atoms with Gasteiger partial charge >= 0.3 is 5.97 Å². The topological polar surface area (TPSA) is 46.5 Å². The number of aliphatic carboxylic acids is 1. The molecule has 0 radical (unpaired) electrons. The molecule has 0 spiro atoms. The Morgan fingerprint density at radius 3 is 2.38 bits per heavy atom. The highest BCUT2D eigenvalue weighted by molar-refractivity contribution is 9.10. The molecule has 4 heteroatoms. The number of carboxylic acid groups (broad SMARTS) is 1. The monoisotopic (exact) mass is 348 g/mol. The molecule has 0 heterocycles. The Morgan fingerprint density at radius 2 is 1.81 bits per heavy atom. The van der Waals surface area contributed by atoms with Crippen LogP contribution in [0.4, 0.5) is 0 Å². The van der Waals surface area contributed by atoms with Crippen LogP contribution in [0.2, 0.25) is 0 Å². The van der Waals surface area contributed by atoms with E-state index in [1.54, 1.807) is 7.11 Å². The van der Waals surface area contributed by atoms with Gasteiger partial charge in [-0.1, -0.05) is 46.3 Å². The van der Waals surface area contributed by atoms with Crippen LogP contribution in [-0.2, 0) is 17.6 Å². The van der Waals surface area contributed by atoms with E-state index in [1.807, 2.05) is 48.5 Å². The SMILES string of the molecule is COc1ccc(CC(Cc2ccccc2Br)C(=O)O)cc1. The summed E-state index contributed by atoms with van der Waals surface area (Å²) >= 11 is 3.47. The fourth-order valence-electron chi connectivity index (χ4n) is 2.22. The van der Waals surface area contributed by atoms with Crippen molar-refractivity contribution in [2.45, 2.75) is 12.8 Å². The minimum atomic E-state index is -0.776. The van der Waals surface area contributed by atoms with Crippen LogP contribution >= 0.6 is 15.9 Å². The van der Waals surface area contributed by atoms with E-state index in [2.05, 4.69) is 15.9 Å². The summed E-state index contributed by atoms with van der Waals surface area (Å²) in [7, 11) is 1.61. The van der Waals surface area contributed by atoms with Gasteiger partial charge in [-0.3, -0.25) is 4.79 Å². The van der Waals surface area contributed by atoms with Gasteiger partial charge in [0.25, 0.3) is 0 Å². The zero-order chi connectivity index (χ0) is 15.2. The molecule has 1 atom stereocenters. The van der Waals surface area contributed by atoms with Gasteiger partial charge in [-0.25, -0.2) is 0 Å². The molecule has 0 saturated carbocycles. The van der Waals surface area contributed by atoms with Crippen LogP contribution in [0.15, 0.2) is 53.0 Å². The number of carbonyl (C=O) groups is 1. The van der Waals surface area contributed by atoms with Crippen LogP contribution in [-0.4, -0.2) is 18.2 Å². The van der Waals surface area contributed by atoms with E-state index >= 15 is 0 Å². The van der Waals surface area contributed by atoms with E-state index in [-0.39, 0.29) is 0 Å². The maximum Gasteiger partial charge on any atom is 0.307 e. The van der Waals surface area contributed by atoms with Crippen molar-refractivity contribution in [2.75, 3.05) is 7.11 Å². The molecule has 0 aliphatic heterocycles. The molecule has 1 N–H and O–H groups in total. The first kappa shape index (κ1) is 15.6. The molecule has 0 bridgehead atoms. The summed E-state index contributed by atoms with van der Waals surface area (Å²) in [4.78, 5) is 11.5. The lowest BCUT2D eigenvalue weighted by molar-refractivity contribution is -0.141. The Morgan fingerprint density at radius 1 is 1.14 bits per heavy atom. The van der Waals surface area contributed by atoms with E-state index < -0.39 is 11.9 Å². The van der Waals surface area contributed by atoms with Crippen molar-refractivity contribution < 1.29 is 14.6 Å². The second-order valence-corrected chi connectivity index (χ2v) is 5.74. The number of hydrogen-bond acceptors (Lipinski definition) is 2. The number of ether oxygens (including phenoxy) is 1. The zero-order valence-electron chi connectivity index (χ0n) is 11.8. The van der Waals surface area contributed by atoms with E-state index in [0.717, 1.165) is 21.3 Å². The summed E-state index contributed by atoms with van der Waals surface area (Å²) in [5.74, 6) is -0.449. The summed E-state index contributed by atoms with van der Waals surface area (Å²) < 4.78 is 6.06. The third-order valence-electron chi connectivity index (χ3n) is 3.41. The van der Waals surface area contributed by atoms with Crippen LogP contribution in [0, 0.1) is 5.92 Å². The van der Waals surface area contributed by atoms with Gasteiger partial charge in [0.15, 0.2) is 0 Å². The van der Waals surface area contributed by atoms with Crippen LogP contribution in [0.25, 0.3) is 0 Å². The number of methoxy groups -OCH3 is 1. The third kappa shape index (κ3) is 4.33. The smallest absolute Gasteiger partial charge is 0.307 e. The van der Waals surface area contributed by atoms with E-state index in [9.17, 15) is 9.90 Å². The standard InChI is InChI=1S/C17H17BrO3/c1-21-15-8-6-12(7-9-15)10-14(17(19)20)11-13-4-2-3-5-16(13)18/h2-9,14H,10-11H2,1H3,(H,19,20). The molecule has 2 aromatic carbocycles. The fraction of sp³-hybridized carbons (Fsp3) is 0.235. The molecule has 1 unspecified atom stereocenters. The second-order valence-electron chi connectivity index (χ2n) is 4.88. The normalized spacial score (nSPS) is 11.9. The summed E-state index contributed by atoms with van der Waals surface area (Å²) in [6.07, 6.45) is 1.00. The summed E-state index contributed by atoms with van der Waals surface area (Å²) in [6, 6.07) is 15.3. The van der Waals surface area contributed by atoms with Crippen LogP contribution in [0.5, 0.6) is 5.75 Å². The highest BCUT2D eigenvalue weighted by Crippen LogP contribution is 2.22. The maximum atomic E-state index is 11.5. The number of halogens is 1. The number of rotatable bonds is 6. The number of benzene rings is 2.